The predicted octanol–water partition coefficient (Wildman–Crippen LogP) is 6.66. The lowest BCUT2D eigenvalue weighted by atomic mass is 9.96. The number of ether oxygens (including phenoxy) is 2. The van der Waals surface area contributed by atoms with Gasteiger partial charge in [-0.2, -0.15) is 0 Å². The Hall–Kier alpha value is -4.21. The molecular weight excluding hydrogens is 650 g/mol. The molecule has 0 amide bonds. The molecular formula is C36H34BrN3O4S. The number of hydrogen-bond acceptors (Lipinski definition) is 6. The van der Waals surface area contributed by atoms with E-state index in [1.165, 1.54) is 16.9 Å². The van der Waals surface area contributed by atoms with Crippen LogP contribution in [0.3, 0.4) is 0 Å². The first-order valence-electron chi connectivity index (χ1n) is 14.9. The Kier molecular flexibility index (Phi) is 8.66. The van der Waals surface area contributed by atoms with E-state index in [0.717, 1.165) is 37.9 Å². The molecule has 0 unspecified atom stereocenters. The molecule has 0 saturated heterocycles. The lowest BCUT2D eigenvalue weighted by Gasteiger charge is -2.25. The van der Waals surface area contributed by atoms with Gasteiger partial charge in [-0.05, 0) is 82.2 Å². The van der Waals surface area contributed by atoms with Crippen molar-refractivity contribution < 1.29 is 14.3 Å². The number of allylic oxidation sites excluding steroid dienone is 1. The van der Waals surface area contributed by atoms with Crippen molar-refractivity contribution in [3.8, 4) is 5.75 Å². The van der Waals surface area contributed by atoms with E-state index in [0.29, 0.717) is 33.8 Å². The number of esters is 1. The third-order valence-corrected chi connectivity index (χ3v) is 9.41. The van der Waals surface area contributed by atoms with Crippen LogP contribution in [0.4, 0.5) is 0 Å². The molecule has 1 atom stereocenters. The van der Waals surface area contributed by atoms with Crippen molar-refractivity contribution in [1.82, 2.24) is 9.13 Å². The standard InChI is InChI=1S/C36H34BrN3O4S/c1-6-43-27-17-13-25(14-18-27)33-32(35(42)44-21(2)3)22(4)38-36-40(33)34(41)31(45-36)19-29-23(5)39(30-10-8-7-9-28(29)30)20-24-11-15-26(37)16-12-24/h7-19,21,33H,6,20H2,1-5H3/b31-19+/t33-/m0/s1. The summed E-state index contributed by atoms with van der Waals surface area (Å²) in [5, 5.41) is 1.07. The normalized spacial score (nSPS) is 15.0. The highest BCUT2D eigenvalue weighted by molar-refractivity contribution is 9.10. The summed E-state index contributed by atoms with van der Waals surface area (Å²) in [5.41, 5.74) is 5.79. The highest BCUT2D eigenvalue weighted by Crippen LogP contribution is 2.32. The maximum Gasteiger partial charge on any atom is 0.338 e. The van der Waals surface area contributed by atoms with E-state index >= 15 is 0 Å². The molecule has 230 valence electrons. The van der Waals surface area contributed by atoms with Crippen molar-refractivity contribution in [2.75, 3.05) is 6.61 Å². The Bertz CT molecular complexity index is 2120. The lowest BCUT2D eigenvalue weighted by molar-refractivity contribution is -0.143. The van der Waals surface area contributed by atoms with E-state index in [4.69, 9.17) is 14.5 Å². The number of thiazole rings is 1. The molecule has 0 spiro atoms. The summed E-state index contributed by atoms with van der Waals surface area (Å²) in [6.45, 7) is 10.7. The predicted molar refractivity (Wildman–Crippen MR) is 183 cm³/mol. The molecule has 0 N–H and O–H groups in total. The molecule has 0 aliphatic carbocycles. The smallest absolute Gasteiger partial charge is 0.338 e. The number of para-hydroxylation sites is 1. The average Bonchev–Trinajstić information content (AvgIpc) is 3.46. The van der Waals surface area contributed by atoms with Crippen LogP contribution in [0.25, 0.3) is 17.0 Å². The molecule has 2 aromatic heterocycles. The van der Waals surface area contributed by atoms with Crippen LogP contribution in [0.1, 0.15) is 56.1 Å². The van der Waals surface area contributed by atoms with Crippen molar-refractivity contribution in [2.24, 2.45) is 4.99 Å². The molecule has 7 nitrogen and oxygen atoms in total. The number of fused-ring (bicyclic) bond motifs is 2. The van der Waals surface area contributed by atoms with E-state index in [-0.39, 0.29) is 11.7 Å². The van der Waals surface area contributed by atoms with Gasteiger partial charge in [0.05, 0.1) is 34.6 Å². The summed E-state index contributed by atoms with van der Waals surface area (Å²) in [5.74, 6) is 0.238. The molecule has 5 aromatic rings. The van der Waals surface area contributed by atoms with Crippen molar-refractivity contribution in [3.63, 3.8) is 0 Å². The fourth-order valence-electron chi connectivity index (χ4n) is 5.84. The quantitative estimate of drug-likeness (QED) is 0.172. The Labute approximate surface area is 273 Å². The topological polar surface area (TPSA) is 74.8 Å². The Morgan fingerprint density at radius 1 is 1.04 bits per heavy atom. The largest absolute Gasteiger partial charge is 0.494 e. The first-order valence-corrected chi connectivity index (χ1v) is 16.6. The maximum atomic E-state index is 14.3. The average molecular weight is 685 g/mol. The van der Waals surface area contributed by atoms with Crippen molar-refractivity contribution in [2.45, 2.75) is 53.3 Å². The number of aromatic nitrogens is 2. The summed E-state index contributed by atoms with van der Waals surface area (Å²) < 4.78 is 16.8. The zero-order valence-corrected chi connectivity index (χ0v) is 28.2. The van der Waals surface area contributed by atoms with Crippen LogP contribution in [0.2, 0.25) is 0 Å². The summed E-state index contributed by atoms with van der Waals surface area (Å²) in [4.78, 5) is 33.1. The molecule has 1 aliphatic rings. The highest BCUT2D eigenvalue weighted by Gasteiger charge is 2.34. The number of hydrogen-bond donors (Lipinski definition) is 0. The molecule has 0 radical (unpaired) electrons. The first kappa shape index (κ1) is 30.8. The fraction of sp³-hybridized carbons (Fsp3) is 0.250. The Balaban J connectivity index is 1.52. The van der Waals surface area contributed by atoms with Gasteiger partial charge in [0.1, 0.15) is 5.75 Å². The molecule has 6 rings (SSSR count). The van der Waals surface area contributed by atoms with E-state index in [1.807, 2.05) is 75.4 Å². The summed E-state index contributed by atoms with van der Waals surface area (Å²) in [7, 11) is 0. The third kappa shape index (κ3) is 5.94. The summed E-state index contributed by atoms with van der Waals surface area (Å²) in [6, 6.07) is 23.4. The third-order valence-electron chi connectivity index (χ3n) is 7.90. The second kappa shape index (κ2) is 12.7. The minimum Gasteiger partial charge on any atom is -0.494 e. The van der Waals surface area contributed by atoms with Gasteiger partial charge < -0.3 is 14.0 Å². The van der Waals surface area contributed by atoms with Crippen molar-refractivity contribution >= 4 is 50.2 Å². The Morgan fingerprint density at radius 2 is 1.76 bits per heavy atom. The summed E-state index contributed by atoms with van der Waals surface area (Å²) in [6.07, 6.45) is 1.65. The minimum absolute atomic E-state index is 0.205. The fourth-order valence-corrected chi connectivity index (χ4v) is 7.13. The number of benzene rings is 3. The number of carbonyl (C=O) groups excluding carboxylic acids is 1. The minimum atomic E-state index is -0.690. The van der Waals surface area contributed by atoms with Crippen molar-refractivity contribution in [3.05, 3.63) is 131 Å². The second-order valence-corrected chi connectivity index (χ2v) is 13.2. The second-order valence-electron chi connectivity index (χ2n) is 11.3. The van der Waals surface area contributed by atoms with Crippen LogP contribution in [0.15, 0.2) is 98.3 Å². The van der Waals surface area contributed by atoms with Crippen LogP contribution in [0.5, 0.6) is 5.75 Å². The van der Waals surface area contributed by atoms with Crippen LogP contribution in [-0.2, 0) is 16.1 Å². The lowest BCUT2D eigenvalue weighted by Crippen LogP contribution is -2.40. The molecule has 3 heterocycles. The van der Waals surface area contributed by atoms with Gasteiger partial charge >= 0.3 is 5.97 Å². The molecule has 9 heteroatoms. The molecule has 3 aromatic carbocycles. The Morgan fingerprint density at radius 3 is 2.44 bits per heavy atom. The van der Waals surface area contributed by atoms with E-state index in [1.54, 1.807) is 11.5 Å². The first-order chi connectivity index (χ1) is 21.7. The molecule has 0 saturated carbocycles. The van der Waals surface area contributed by atoms with Gasteiger partial charge in [-0.1, -0.05) is 69.7 Å². The SMILES string of the molecule is CCOc1ccc([C@H]2C(C(=O)OC(C)C)=C(C)N=c3s/c(=C/c4c(C)n(Cc5ccc(Br)cc5)c5ccccc45)c(=O)n32)cc1. The molecule has 1 aliphatic heterocycles. The van der Waals surface area contributed by atoms with Crippen LogP contribution in [-0.4, -0.2) is 27.8 Å². The zero-order valence-electron chi connectivity index (χ0n) is 25.8. The molecule has 0 fully saturated rings. The van der Waals surface area contributed by atoms with Gasteiger partial charge in [-0.15, -0.1) is 0 Å². The monoisotopic (exact) mass is 683 g/mol. The van der Waals surface area contributed by atoms with Gasteiger partial charge in [0.15, 0.2) is 4.80 Å². The van der Waals surface area contributed by atoms with Crippen LogP contribution < -0.4 is 19.6 Å². The maximum absolute atomic E-state index is 14.3. The number of rotatable bonds is 8. The van der Waals surface area contributed by atoms with Gasteiger partial charge in [-0.3, -0.25) is 9.36 Å². The number of halogens is 1. The highest BCUT2D eigenvalue weighted by atomic mass is 79.9. The van der Waals surface area contributed by atoms with E-state index in [2.05, 4.69) is 51.7 Å². The van der Waals surface area contributed by atoms with Gasteiger partial charge in [0.2, 0.25) is 0 Å². The number of nitrogens with zero attached hydrogens (tertiary/aromatic N) is 3. The zero-order chi connectivity index (χ0) is 31.8. The van der Waals surface area contributed by atoms with Crippen molar-refractivity contribution in [1.29, 1.82) is 0 Å². The molecule has 45 heavy (non-hydrogen) atoms. The van der Waals surface area contributed by atoms with Gasteiger partial charge in [0.25, 0.3) is 5.56 Å². The van der Waals surface area contributed by atoms with E-state index < -0.39 is 12.0 Å². The van der Waals surface area contributed by atoms with Gasteiger partial charge in [-0.25, -0.2) is 9.79 Å². The van der Waals surface area contributed by atoms with Gasteiger partial charge in [0, 0.05) is 33.2 Å². The van der Waals surface area contributed by atoms with Crippen LogP contribution >= 0.6 is 27.3 Å². The van der Waals surface area contributed by atoms with Crippen LogP contribution in [0, 0.1) is 6.92 Å². The van der Waals surface area contributed by atoms with E-state index in [9.17, 15) is 9.59 Å². The number of carbonyl (C=O) groups is 1. The molecule has 0 bridgehead atoms. The summed E-state index contributed by atoms with van der Waals surface area (Å²) >= 11 is 4.86.